The molecule has 0 unspecified atom stereocenters. The number of hydrogen-bond acceptors (Lipinski definition) is 2. The van der Waals surface area contributed by atoms with Gasteiger partial charge in [0, 0.05) is 19.5 Å². The lowest BCUT2D eigenvalue weighted by atomic mass is 10.1. The Morgan fingerprint density at radius 1 is 1.04 bits per heavy atom. The van der Waals surface area contributed by atoms with Crippen molar-refractivity contribution in [2.45, 2.75) is 45.6 Å². The zero-order chi connectivity index (χ0) is 18.8. The van der Waals surface area contributed by atoms with Crippen molar-refractivity contribution in [1.82, 2.24) is 4.90 Å². The first-order valence-corrected chi connectivity index (χ1v) is 9.13. The fraction of sp³-hybridized carbons (Fsp3) is 0.364. The summed E-state index contributed by atoms with van der Waals surface area (Å²) >= 11 is 0. The van der Waals surface area contributed by atoms with Gasteiger partial charge in [-0.1, -0.05) is 44.0 Å². The van der Waals surface area contributed by atoms with Crippen molar-refractivity contribution in [2.24, 2.45) is 0 Å². The monoisotopic (exact) mass is 352 g/mol. The molecule has 1 amide bonds. The molecule has 4 heteroatoms. The molecule has 0 heterocycles. The summed E-state index contributed by atoms with van der Waals surface area (Å²) in [6, 6.07) is 15.8. The molecule has 3 nitrogen and oxygen atoms in total. The molecule has 0 N–H and O–H groups in total. The molecule has 26 heavy (non-hydrogen) atoms. The number of rotatable bonds is 9. The highest BCUT2D eigenvalue weighted by molar-refractivity contribution is 5.76. The molecule has 0 spiro atoms. The molecule has 0 aliphatic rings. The van der Waals surface area contributed by atoms with E-state index >= 15 is 0 Å². The molecule has 0 aromatic heterocycles. The summed E-state index contributed by atoms with van der Waals surface area (Å²) < 4.78 is 13.1. The van der Waals surface area contributed by atoms with Gasteiger partial charge in [0.2, 0.25) is 5.91 Å². The van der Waals surface area contributed by atoms with Crippen LogP contribution in [0.3, 0.4) is 0 Å². The average Bonchev–Trinajstić information content (AvgIpc) is 2.67. The van der Waals surface area contributed by atoms with Crippen LogP contribution in [-0.4, -0.2) is 17.4 Å². The normalized spacial score (nSPS) is 10.3. The van der Waals surface area contributed by atoms with E-state index in [4.69, 9.17) is 5.26 Å². The van der Waals surface area contributed by atoms with Crippen molar-refractivity contribution in [3.8, 4) is 6.07 Å². The van der Waals surface area contributed by atoms with Crippen molar-refractivity contribution in [3.63, 3.8) is 0 Å². The van der Waals surface area contributed by atoms with Gasteiger partial charge >= 0.3 is 0 Å². The number of nitrogens with zero attached hydrogens (tertiary/aromatic N) is 2. The molecule has 0 saturated heterocycles. The number of aryl methyl sites for hydroxylation is 1. The van der Waals surface area contributed by atoms with E-state index in [1.807, 2.05) is 17.0 Å². The summed E-state index contributed by atoms with van der Waals surface area (Å²) in [7, 11) is 0. The molecule has 0 fully saturated rings. The molecule has 0 bridgehead atoms. The van der Waals surface area contributed by atoms with E-state index in [0.29, 0.717) is 24.9 Å². The predicted molar refractivity (Wildman–Crippen MR) is 101 cm³/mol. The van der Waals surface area contributed by atoms with Crippen LogP contribution in [0.1, 0.15) is 49.3 Å². The van der Waals surface area contributed by atoms with Gasteiger partial charge in [-0.15, -0.1) is 0 Å². The minimum absolute atomic E-state index is 0.106. The van der Waals surface area contributed by atoms with Crippen LogP contribution in [0.5, 0.6) is 0 Å². The van der Waals surface area contributed by atoms with Crippen LogP contribution in [0.4, 0.5) is 4.39 Å². The number of carbonyl (C=O) groups is 1. The van der Waals surface area contributed by atoms with Gasteiger partial charge in [-0.3, -0.25) is 4.79 Å². The smallest absolute Gasteiger partial charge is 0.223 e. The third-order valence-electron chi connectivity index (χ3n) is 4.38. The van der Waals surface area contributed by atoms with Gasteiger partial charge in [0.05, 0.1) is 11.6 Å². The second kappa shape index (κ2) is 10.4. The molecule has 0 saturated carbocycles. The predicted octanol–water partition coefficient (Wildman–Crippen LogP) is 4.85. The Kier molecular flexibility index (Phi) is 7.82. The van der Waals surface area contributed by atoms with Crippen molar-refractivity contribution in [1.29, 1.82) is 5.26 Å². The number of halogens is 1. The molecule has 2 rings (SSSR count). The standard InChI is InChI=1S/C22H25FN2O/c1-2-3-4-15-25(17-20-9-12-21(23)13-10-20)22(26)14-11-18-5-7-19(16-24)8-6-18/h5-10,12-13H,2-4,11,14-15,17H2,1H3. The summed E-state index contributed by atoms with van der Waals surface area (Å²) in [5.41, 5.74) is 2.61. The van der Waals surface area contributed by atoms with Gasteiger partial charge in [-0.2, -0.15) is 5.26 Å². The minimum Gasteiger partial charge on any atom is -0.338 e. The largest absolute Gasteiger partial charge is 0.338 e. The zero-order valence-corrected chi connectivity index (χ0v) is 15.2. The van der Waals surface area contributed by atoms with Crippen LogP contribution in [-0.2, 0) is 17.8 Å². The van der Waals surface area contributed by atoms with Crippen molar-refractivity contribution in [2.75, 3.05) is 6.54 Å². The maximum atomic E-state index is 13.1. The number of benzene rings is 2. The molecule has 0 radical (unpaired) electrons. The number of hydrogen-bond donors (Lipinski definition) is 0. The van der Waals surface area contributed by atoms with Crippen LogP contribution in [0.25, 0.3) is 0 Å². The van der Waals surface area contributed by atoms with Crippen LogP contribution >= 0.6 is 0 Å². The topological polar surface area (TPSA) is 44.1 Å². The summed E-state index contributed by atoms with van der Waals surface area (Å²) in [5.74, 6) is -0.159. The van der Waals surface area contributed by atoms with Crippen LogP contribution in [0.2, 0.25) is 0 Å². The highest BCUT2D eigenvalue weighted by Gasteiger charge is 2.14. The number of amides is 1. The highest BCUT2D eigenvalue weighted by atomic mass is 19.1. The van der Waals surface area contributed by atoms with Gasteiger partial charge < -0.3 is 4.90 Å². The number of carbonyl (C=O) groups excluding carboxylic acids is 1. The Morgan fingerprint density at radius 2 is 1.69 bits per heavy atom. The first-order chi connectivity index (χ1) is 12.6. The average molecular weight is 352 g/mol. The zero-order valence-electron chi connectivity index (χ0n) is 15.2. The van der Waals surface area contributed by atoms with Crippen molar-refractivity contribution < 1.29 is 9.18 Å². The quantitative estimate of drug-likeness (QED) is 0.606. The molecule has 136 valence electrons. The Bertz CT molecular complexity index is 732. The van der Waals surface area contributed by atoms with E-state index in [1.54, 1.807) is 24.3 Å². The van der Waals surface area contributed by atoms with Gasteiger partial charge in [0.25, 0.3) is 0 Å². The lowest BCUT2D eigenvalue weighted by Crippen LogP contribution is -2.31. The van der Waals surface area contributed by atoms with Crippen molar-refractivity contribution in [3.05, 3.63) is 71.0 Å². The molecule has 0 aliphatic heterocycles. The lowest BCUT2D eigenvalue weighted by molar-refractivity contribution is -0.131. The first-order valence-electron chi connectivity index (χ1n) is 9.13. The molecule has 2 aromatic rings. The van der Waals surface area contributed by atoms with E-state index in [-0.39, 0.29) is 11.7 Å². The van der Waals surface area contributed by atoms with E-state index < -0.39 is 0 Å². The van der Waals surface area contributed by atoms with Crippen molar-refractivity contribution >= 4 is 5.91 Å². The van der Waals surface area contributed by atoms with Gasteiger partial charge in [-0.05, 0) is 48.2 Å². The summed E-state index contributed by atoms with van der Waals surface area (Å²) in [6.45, 7) is 3.37. The SMILES string of the molecule is CCCCCN(Cc1ccc(F)cc1)C(=O)CCc1ccc(C#N)cc1. The maximum Gasteiger partial charge on any atom is 0.223 e. The van der Waals surface area contributed by atoms with Gasteiger partial charge in [0.15, 0.2) is 0 Å². The minimum atomic E-state index is -0.265. The Hall–Kier alpha value is -2.67. The van der Waals surface area contributed by atoms with Gasteiger partial charge in [0.1, 0.15) is 5.82 Å². The Balaban J connectivity index is 1.96. The van der Waals surface area contributed by atoms with Crippen LogP contribution < -0.4 is 0 Å². The number of unbranched alkanes of at least 4 members (excludes halogenated alkanes) is 2. The van der Waals surface area contributed by atoms with Crippen LogP contribution in [0.15, 0.2) is 48.5 Å². The van der Waals surface area contributed by atoms with Crippen LogP contribution in [0, 0.1) is 17.1 Å². The summed E-state index contributed by atoms with van der Waals surface area (Å²) in [4.78, 5) is 14.6. The van der Waals surface area contributed by atoms with Gasteiger partial charge in [-0.25, -0.2) is 4.39 Å². The number of nitriles is 1. The third-order valence-corrected chi connectivity index (χ3v) is 4.38. The Morgan fingerprint density at radius 3 is 2.31 bits per heavy atom. The highest BCUT2D eigenvalue weighted by Crippen LogP contribution is 2.12. The Labute approximate surface area is 155 Å². The third kappa shape index (κ3) is 6.33. The summed E-state index contributed by atoms with van der Waals surface area (Å²) in [6.07, 6.45) is 4.24. The lowest BCUT2D eigenvalue weighted by Gasteiger charge is -2.23. The molecular weight excluding hydrogens is 327 g/mol. The fourth-order valence-corrected chi connectivity index (χ4v) is 2.81. The first kappa shape index (κ1) is 19.7. The second-order valence-electron chi connectivity index (χ2n) is 6.46. The van der Waals surface area contributed by atoms with E-state index in [1.165, 1.54) is 12.1 Å². The molecule has 2 aromatic carbocycles. The molecule has 0 aliphatic carbocycles. The van der Waals surface area contributed by atoms with E-state index in [9.17, 15) is 9.18 Å². The maximum absolute atomic E-state index is 13.1. The molecular formula is C22H25FN2O. The van der Waals surface area contributed by atoms with E-state index in [2.05, 4.69) is 13.0 Å². The summed E-state index contributed by atoms with van der Waals surface area (Å²) in [5, 5.41) is 8.85. The molecule has 0 atom stereocenters. The second-order valence-corrected chi connectivity index (χ2v) is 6.46. The fourth-order valence-electron chi connectivity index (χ4n) is 2.81. The van der Waals surface area contributed by atoms with E-state index in [0.717, 1.165) is 36.9 Å².